The standard InChI is InChI=1S/C37H37F2N3O4S/c1-23(2)34(44)29-22-42(21-27-30(38)11-8-12-31(27)39)37-33(35(29)45)28(20-41(3)19-24-9-6-5-7-10-24)36(47-37)25-13-15-26(16-14-25)40-32(43)17-18-46-4/h5-16,22-23H,17-21H2,1-4H3,(H,40,43). The zero-order chi connectivity index (χ0) is 33.7. The van der Waals surface area contributed by atoms with Crippen molar-refractivity contribution >= 4 is 38.9 Å². The van der Waals surface area contributed by atoms with Crippen LogP contribution in [0.4, 0.5) is 14.5 Å². The van der Waals surface area contributed by atoms with Gasteiger partial charge in [0.2, 0.25) is 11.3 Å². The molecule has 5 rings (SSSR count). The van der Waals surface area contributed by atoms with Crippen LogP contribution < -0.4 is 10.7 Å². The van der Waals surface area contributed by atoms with E-state index < -0.39 is 23.0 Å². The number of benzene rings is 3. The number of ether oxygens (including phenoxy) is 1. The molecule has 1 amide bonds. The second-order valence-electron chi connectivity index (χ2n) is 11.8. The average Bonchev–Trinajstić information content (AvgIpc) is 3.42. The van der Waals surface area contributed by atoms with Crippen LogP contribution in [0.15, 0.2) is 83.8 Å². The van der Waals surface area contributed by atoms with E-state index in [1.54, 1.807) is 30.5 Å². The van der Waals surface area contributed by atoms with Gasteiger partial charge in [-0.15, -0.1) is 11.3 Å². The van der Waals surface area contributed by atoms with E-state index in [2.05, 4.69) is 10.2 Å². The number of carbonyl (C=O) groups is 2. The largest absolute Gasteiger partial charge is 0.384 e. The van der Waals surface area contributed by atoms with Gasteiger partial charge in [0.15, 0.2) is 5.78 Å². The minimum absolute atomic E-state index is 0.0188. The lowest BCUT2D eigenvalue weighted by Gasteiger charge is -2.18. The number of amides is 1. The Balaban J connectivity index is 1.68. The second kappa shape index (κ2) is 14.9. The zero-order valence-electron chi connectivity index (χ0n) is 26.8. The van der Waals surface area contributed by atoms with Gasteiger partial charge < -0.3 is 14.6 Å². The molecule has 0 bridgehead atoms. The lowest BCUT2D eigenvalue weighted by atomic mass is 9.99. The van der Waals surface area contributed by atoms with Crippen molar-refractivity contribution in [2.75, 3.05) is 26.1 Å². The van der Waals surface area contributed by atoms with Crippen molar-refractivity contribution in [3.8, 4) is 10.4 Å². The number of thiophene rings is 1. The number of fused-ring (bicyclic) bond motifs is 1. The number of anilines is 1. The molecule has 244 valence electrons. The molecule has 0 saturated heterocycles. The fraction of sp³-hybridized carbons (Fsp3) is 0.270. The number of ketones is 1. The van der Waals surface area contributed by atoms with Gasteiger partial charge in [0.1, 0.15) is 16.5 Å². The summed E-state index contributed by atoms with van der Waals surface area (Å²) >= 11 is 1.33. The quantitative estimate of drug-likeness (QED) is 0.133. The highest BCUT2D eigenvalue weighted by molar-refractivity contribution is 7.22. The molecule has 0 atom stereocenters. The Morgan fingerprint density at radius 2 is 1.62 bits per heavy atom. The fourth-order valence-corrected chi connectivity index (χ4v) is 6.77. The molecule has 0 aliphatic carbocycles. The van der Waals surface area contributed by atoms with E-state index in [1.807, 2.05) is 49.5 Å². The van der Waals surface area contributed by atoms with E-state index in [1.165, 1.54) is 42.8 Å². The minimum atomic E-state index is -0.712. The molecule has 0 unspecified atom stereocenters. The van der Waals surface area contributed by atoms with Crippen molar-refractivity contribution in [3.05, 3.63) is 123 Å². The number of methoxy groups -OCH3 is 1. The number of nitrogens with one attached hydrogen (secondary N) is 1. The number of hydrogen-bond acceptors (Lipinski definition) is 6. The highest BCUT2D eigenvalue weighted by atomic mass is 32.1. The van der Waals surface area contributed by atoms with Crippen LogP contribution in [-0.2, 0) is 29.2 Å². The van der Waals surface area contributed by atoms with Crippen molar-refractivity contribution in [2.45, 2.75) is 39.9 Å². The number of Topliss-reactive ketones (excluding diaryl/α,β-unsaturated/α-hetero) is 1. The highest BCUT2D eigenvalue weighted by Crippen LogP contribution is 2.39. The van der Waals surface area contributed by atoms with Crippen molar-refractivity contribution in [3.63, 3.8) is 0 Å². The van der Waals surface area contributed by atoms with Crippen LogP contribution in [0.5, 0.6) is 0 Å². The van der Waals surface area contributed by atoms with E-state index in [9.17, 15) is 23.2 Å². The second-order valence-corrected chi connectivity index (χ2v) is 12.8. The van der Waals surface area contributed by atoms with Gasteiger partial charge in [0.25, 0.3) is 0 Å². The number of aromatic nitrogens is 1. The average molecular weight is 658 g/mol. The van der Waals surface area contributed by atoms with Crippen LogP contribution in [0.25, 0.3) is 20.7 Å². The smallest absolute Gasteiger partial charge is 0.226 e. The molecule has 2 heterocycles. The molecule has 3 aromatic carbocycles. The van der Waals surface area contributed by atoms with Gasteiger partial charge in [0, 0.05) is 48.4 Å². The molecule has 0 radical (unpaired) electrons. The summed E-state index contributed by atoms with van der Waals surface area (Å²) in [5.41, 5.74) is 2.62. The van der Waals surface area contributed by atoms with Gasteiger partial charge in [-0.25, -0.2) is 8.78 Å². The monoisotopic (exact) mass is 657 g/mol. The number of rotatable bonds is 13. The van der Waals surface area contributed by atoms with E-state index in [0.29, 0.717) is 41.2 Å². The van der Waals surface area contributed by atoms with E-state index >= 15 is 0 Å². The molecule has 0 aliphatic rings. The zero-order valence-corrected chi connectivity index (χ0v) is 27.6. The molecule has 0 fully saturated rings. The molecular weight excluding hydrogens is 620 g/mol. The molecule has 10 heteroatoms. The SMILES string of the molecule is COCCC(=O)Nc1ccc(-c2sc3c(c2CN(C)Cc2ccccc2)c(=O)c(C(=O)C(C)C)cn3Cc2c(F)cccc2F)cc1. The molecule has 0 saturated carbocycles. The summed E-state index contributed by atoms with van der Waals surface area (Å²) in [5.74, 6) is -2.41. The third kappa shape index (κ3) is 7.73. The molecule has 0 aliphatic heterocycles. The summed E-state index contributed by atoms with van der Waals surface area (Å²) in [5, 5.41) is 3.21. The lowest BCUT2D eigenvalue weighted by molar-refractivity contribution is -0.117. The minimum Gasteiger partial charge on any atom is -0.384 e. The van der Waals surface area contributed by atoms with E-state index in [4.69, 9.17) is 4.74 Å². The summed E-state index contributed by atoms with van der Waals surface area (Å²) in [6.07, 6.45) is 1.66. The third-order valence-corrected chi connectivity index (χ3v) is 9.19. The maximum atomic E-state index is 14.9. The number of halogens is 2. The predicted molar refractivity (Wildman–Crippen MR) is 183 cm³/mol. The number of carbonyl (C=O) groups excluding carboxylic acids is 2. The van der Waals surface area contributed by atoms with Crippen molar-refractivity contribution < 1.29 is 23.1 Å². The predicted octanol–water partition coefficient (Wildman–Crippen LogP) is 7.50. The lowest BCUT2D eigenvalue weighted by Crippen LogP contribution is -2.24. The Morgan fingerprint density at radius 3 is 2.26 bits per heavy atom. The Labute approximate surface area is 276 Å². The summed E-state index contributed by atoms with van der Waals surface area (Å²) in [6, 6.07) is 20.9. The van der Waals surface area contributed by atoms with E-state index in [-0.39, 0.29) is 35.8 Å². The maximum absolute atomic E-state index is 14.9. The van der Waals surface area contributed by atoms with Crippen molar-refractivity contribution in [1.82, 2.24) is 9.47 Å². The molecular formula is C37H37F2N3O4S. The van der Waals surface area contributed by atoms with Gasteiger partial charge >= 0.3 is 0 Å². The first kappa shape index (κ1) is 33.8. The first-order valence-corrected chi connectivity index (χ1v) is 16.2. The number of nitrogens with zero attached hydrogens (tertiary/aromatic N) is 2. The first-order chi connectivity index (χ1) is 22.6. The van der Waals surface area contributed by atoms with Crippen molar-refractivity contribution in [2.24, 2.45) is 5.92 Å². The van der Waals surface area contributed by atoms with Crippen LogP contribution >= 0.6 is 11.3 Å². The molecule has 1 N–H and O–H groups in total. The van der Waals surface area contributed by atoms with E-state index in [0.717, 1.165) is 16.0 Å². The summed E-state index contributed by atoms with van der Waals surface area (Å²) in [6.45, 7) is 4.50. The molecule has 47 heavy (non-hydrogen) atoms. The normalized spacial score (nSPS) is 11.5. The highest BCUT2D eigenvalue weighted by Gasteiger charge is 2.26. The summed E-state index contributed by atoms with van der Waals surface area (Å²) < 4.78 is 36.4. The number of hydrogen-bond donors (Lipinski definition) is 1. The third-order valence-electron chi connectivity index (χ3n) is 7.87. The molecule has 5 aromatic rings. The molecule has 7 nitrogen and oxygen atoms in total. The van der Waals surface area contributed by atoms with Crippen LogP contribution in [-0.4, -0.2) is 41.9 Å². The van der Waals surface area contributed by atoms with Crippen LogP contribution in [0, 0.1) is 17.6 Å². The maximum Gasteiger partial charge on any atom is 0.226 e. The molecule has 2 aromatic heterocycles. The van der Waals surface area contributed by atoms with Gasteiger partial charge in [-0.05, 0) is 48.0 Å². The van der Waals surface area contributed by atoms with Crippen LogP contribution in [0.2, 0.25) is 0 Å². The Kier molecular flexibility index (Phi) is 10.8. The molecule has 0 spiro atoms. The first-order valence-electron chi connectivity index (χ1n) is 15.3. The Bertz CT molecular complexity index is 1930. The van der Waals surface area contributed by atoms with Gasteiger partial charge in [0.05, 0.1) is 30.5 Å². The van der Waals surface area contributed by atoms with Gasteiger partial charge in [-0.1, -0.05) is 62.4 Å². The van der Waals surface area contributed by atoms with Gasteiger partial charge in [-0.2, -0.15) is 0 Å². The van der Waals surface area contributed by atoms with Gasteiger partial charge in [-0.3, -0.25) is 19.3 Å². The Morgan fingerprint density at radius 1 is 0.936 bits per heavy atom. The van der Waals surface area contributed by atoms with Crippen LogP contribution in [0.1, 0.15) is 47.3 Å². The van der Waals surface area contributed by atoms with Crippen LogP contribution in [0.3, 0.4) is 0 Å². The fourth-order valence-electron chi connectivity index (χ4n) is 5.48. The summed E-state index contributed by atoms with van der Waals surface area (Å²) in [7, 11) is 3.49. The summed E-state index contributed by atoms with van der Waals surface area (Å²) in [4.78, 5) is 43.2. The Hall–Kier alpha value is -4.51. The topological polar surface area (TPSA) is 80.6 Å². The van der Waals surface area contributed by atoms with Crippen molar-refractivity contribution in [1.29, 1.82) is 0 Å². The number of pyridine rings is 1.